The number of aromatic nitrogens is 3. The first-order chi connectivity index (χ1) is 13.2. The topological polar surface area (TPSA) is 79.6 Å². The average Bonchev–Trinajstić information content (AvgIpc) is 2.88. The van der Waals surface area contributed by atoms with Crippen molar-refractivity contribution in [1.29, 1.82) is 0 Å². The molecule has 1 unspecified atom stereocenters. The van der Waals surface area contributed by atoms with Gasteiger partial charge in [-0.25, -0.2) is 0 Å². The van der Waals surface area contributed by atoms with Gasteiger partial charge < -0.3 is 19.9 Å². The maximum Gasteiger partial charge on any atom is 0.191 e. The Balaban J connectivity index is 1.45. The van der Waals surface area contributed by atoms with Gasteiger partial charge in [0.15, 0.2) is 11.8 Å². The van der Waals surface area contributed by atoms with Crippen molar-refractivity contribution in [2.45, 2.75) is 58.7 Å². The monoisotopic (exact) mass is 377 g/mol. The highest BCUT2D eigenvalue weighted by molar-refractivity contribution is 5.79. The third-order valence-electron chi connectivity index (χ3n) is 5.17. The Morgan fingerprint density at radius 3 is 2.93 bits per heavy atom. The fourth-order valence-corrected chi connectivity index (χ4v) is 3.86. The first kappa shape index (κ1) is 20.1. The fourth-order valence-electron chi connectivity index (χ4n) is 3.86. The molecule has 8 heteroatoms. The molecule has 2 aliphatic heterocycles. The number of nitrogens with zero attached hydrogens (tertiary/aromatic N) is 5. The van der Waals surface area contributed by atoms with Gasteiger partial charge in [0.25, 0.3) is 0 Å². The fraction of sp³-hybridized carbons (Fsp3) is 0.842. The van der Waals surface area contributed by atoms with Crippen molar-refractivity contribution in [2.75, 3.05) is 39.8 Å². The number of fused-ring (bicyclic) bond motifs is 1. The molecule has 2 N–H and O–H groups in total. The van der Waals surface area contributed by atoms with Crippen LogP contribution in [0, 0.1) is 5.92 Å². The summed E-state index contributed by atoms with van der Waals surface area (Å²) < 4.78 is 8.18. The number of guanidine groups is 1. The van der Waals surface area contributed by atoms with Gasteiger partial charge in [-0.1, -0.05) is 20.3 Å². The Morgan fingerprint density at radius 1 is 1.22 bits per heavy atom. The van der Waals surface area contributed by atoms with Crippen molar-refractivity contribution in [2.24, 2.45) is 10.9 Å². The maximum absolute atomic E-state index is 5.91. The van der Waals surface area contributed by atoms with Crippen molar-refractivity contribution in [1.82, 2.24) is 30.3 Å². The molecule has 0 bridgehead atoms. The molecule has 0 aliphatic carbocycles. The number of hydrogen-bond donors (Lipinski definition) is 2. The summed E-state index contributed by atoms with van der Waals surface area (Å²) in [6, 6.07) is 0. The minimum Gasteiger partial charge on any atom is -0.374 e. The second-order valence-corrected chi connectivity index (χ2v) is 7.95. The van der Waals surface area contributed by atoms with Gasteiger partial charge in [-0.15, -0.1) is 10.2 Å². The van der Waals surface area contributed by atoms with Crippen molar-refractivity contribution < 1.29 is 4.74 Å². The zero-order valence-corrected chi connectivity index (χ0v) is 17.1. The van der Waals surface area contributed by atoms with Crippen LogP contribution in [0.3, 0.4) is 0 Å². The van der Waals surface area contributed by atoms with E-state index in [0.717, 1.165) is 63.4 Å². The Bertz CT molecular complexity index is 613. The summed E-state index contributed by atoms with van der Waals surface area (Å²) >= 11 is 0. The van der Waals surface area contributed by atoms with Crippen molar-refractivity contribution in [3.63, 3.8) is 0 Å². The van der Waals surface area contributed by atoms with E-state index < -0.39 is 0 Å². The Hall–Kier alpha value is -1.67. The first-order valence-corrected chi connectivity index (χ1v) is 10.3. The number of rotatable bonds is 6. The molecular weight excluding hydrogens is 342 g/mol. The molecule has 1 aromatic rings. The van der Waals surface area contributed by atoms with E-state index in [2.05, 4.69) is 49.1 Å². The number of nitrogens with one attached hydrogen (secondary N) is 2. The van der Waals surface area contributed by atoms with Crippen LogP contribution in [0.5, 0.6) is 0 Å². The molecule has 27 heavy (non-hydrogen) atoms. The lowest BCUT2D eigenvalue weighted by molar-refractivity contribution is -0.0284. The summed E-state index contributed by atoms with van der Waals surface area (Å²) in [5.41, 5.74) is 0. The van der Waals surface area contributed by atoms with E-state index in [4.69, 9.17) is 4.74 Å². The zero-order valence-electron chi connectivity index (χ0n) is 17.1. The lowest BCUT2D eigenvalue weighted by Crippen LogP contribution is -2.50. The summed E-state index contributed by atoms with van der Waals surface area (Å²) in [4.78, 5) is 6.83. The molecule has 0 aromatic carbocycles. The van der Waals surface area contributed by atoms with Gasteiger partial charge in [0.05, 0.1) is 19.3 Å². The zero-order chi connectivity index (χ0) is 19.1. The largest absolute Gasteiger partial charge is 0.374 e. The summed E-state index contributed by atoms with van der Waals surface area (Å²) in [5, 5.41) is 15.5. The van der Waals surface area contributed by atoms with Gasteiger partial charge in [0.1, 0.15) is 5.82 Å². The predicted octanol–water partition coefficient (Wildman–Crippen LogP) is 1.03. The summed E-state index contributed by atoms with van der Waals surface area (Å²) in [6.07, 6.45) is 4.92. The van der Waals surface area contributed by atoms with Crippen LogP contribution < -0.4 is 10.6 Å². The summed E-state index contributed by atoms with van der Waals surface area (Å²) in [7, 11) is 1.80. The van der Waals surface area contributed by atoms with Crippen molar-refractivity contribution in [3.05, 3.63) is 11.6 Å². The summed E-state index contributed by atoms with van der Waals surface area (Å²) in [5.74, 6) is 3.58. The van der Waals surface area contributed by atoms with Crippen LogP contribution in [0.25, 0.3) is 0 Å². The van der Waals surface area contributed by atoms with Crippen LogP contribution in [0.1, 0.15) is 44.8 Å². The van der Waals surface area contributed by atoms with Gasteiger partial charge in [0, 0.05) is 46.2 Å². The van der Waals surface area contributed by atoms with E-state index >= 15 is 0 Å². The van der Waals surface area contributed by atoms with Gasteiger partial charge >= 0.3 is 0 Å². The molecule has 1 saturated heterocycles. The van der Waals surface area contributed by atoms with E-state index in [9.17, 15) is 0 Å². The molecule has 1 atom stereocenters. The molecular formula is C19H35N7O. The molecule has 3 heterocycles. The quantitative estimate of drug-likeness (QED) is 0.569. The number of aryl methyl sites for hydroxylation is 1. The van der Waals surface area contributed by atoms with Crippen LogP contribution >= 0.6 is 0 Å². The SMILES string of the molecule is CN=C(NCc1nnc2n1CCCCC2)NCC1CN(CC(C)C)CCO1. The first-order valence-electron chi connectivity index (χ1n) is 10.3. The van der Waals surface area contributed by atoms with Gasteiger partial charge in [-0.2, -0.15) is 0 Å². The van der Waals surface area contributed by atoms with Crippen molar-refractivity contribution >= 4 is 5.96 Å². The van der Waals surface area contributed by atoms with Crippen LogP contribution in [-0.2, 0) is 24.2 Å². The van der Waals surface area contributed by atoms with Gasteiger partial charge in [-0.3, -0.25) is 9.89 Å². The van der Waals surface area contributed by atoms with E-state index in [1.165, 1.54) is 19.3 Å². The Morgan fingerprint density at radius 2 is 2.11 bits per heavy atom. The van der Waals surface area contributed by atoms with Crippen LogP contribution in [0.2, 0.25) is 0 Å². The normalized spacial score (nSPS) is 21.8. The highest BCUT2D eigenvalue weighted by atomic mass is 16.5. The second-order valence-electron chi connectivity index (χ2n) is 7.95. The highest BCUT2D eigenvalue weighted by Crippen LogP contribution is 2.14. The summed E-state index contributed by atoms with van der Waals surface area (Å²) in [6.45, 7) is 10.9. The molecule has 0 radical (unpaired) electrons. The van der Waals surface area contributed by atoms with E-state index in [1.54, 1.807) is 7.05 Å². The molecule has 0 amide bonds. The standard InChI is InChI=1S/C19H35N7O/c1-15(2)13-25-9-10-27-16(14-25)11-21-19(20-3)22-12-18-24-23-17-7-5-4-6-8-26(17)18/h15-16H,4-14H2,1-3H3,(H2,20,21,22). The van der Waals surface area contributed by atoms with Crippen molar-refractivity contribution in [3.8, 4) is 0 Å². The molecule has 2 aliphatic rings. The average molecular weight is 378 g/mol. The minimum atomic E-state index is 0.195. The molecule has 152 valence electrons. The molecule has 3 rings (SSSR count). The number of ether oxygens (including phenoxy) is 1. The number of hydrogen-bond acceptors (Lipinski definition) is 5. The minimum absolute atomic E-state index is 0.195. The maximum atomic E-state index is 5.91. The lowest BCUT2D eigenvalue weighted by Gasteiger charge is -2.34. The molecule has 0 saturated carbocycles. The van der Waals surface area contributed by atoms with Crippen LogP contribution in [0.15, 0.2) is 4.99 Å². The highest BCUT2D eigenvalue weighted by Gasteiger charge is 2.21. The number of morpholine rings is 1. The Kier molecular flexibility index (Phi) is 7.46. The number of aliphatic imine (C=N–C) groups is 1. The smallest absolute Gasteiger partial charge is 0.191 e. The molecule has 1 fully saturated rings. The molecule has 1 aromatic heterocycles. The molecule has 0 spiro atoms. The third-order valence-corrected chi connectivity index (χ3v) is 5.17. The van der Waals surface area contributed by atoms with E-state index in [-0.39, 0.29) is 6.10 Å². The molecule has 8 nitrogen and oxygen atoms in total. The van der Waals surface area contributed by atoms with Gasteiger partial charge in [0.2, 0.25) is 0 Å². The Labute approximate surface area is 162 Å². The lowest BCUT2D eigenvalue weighted by atomic mass is 10.2. The predicted molar refractivity (Wildman–Crippen MR) is 107 cm³/mol. The second kappa shape index (κ2) is 10.0. The third kappa shape index (κ3) is 5.90. The van der Waals surface area contributed by atoms with E-state index in [0.29, 0.717) is 12.5 Å². The van der Waals surface area contributed by atoms with Crippen LogP contribution in [-0.4, -0.2) is 71.6 Å². The van der Waals surface area contributed by atoms with Crippen LogP contribution in [0.4, 0.5) is 0 Å². The van der Waals surface area contributed by atoms with E-state index in [1.807, 2.05) is 0 Å². The van der Waals surface area contributed by atoms with Gasteiger partial charge in [-0.05, 0) is 18.8 Å².